The fourth-order valence-corrected chi connectivity index (χ4v) is 4.73. The summed E-state index contributed by atoms with van der Waals surface area (Å²) in [7, 11) is 0. The average molecular weight is 474 g/mol. The number of benzene rings is 2. The zero-order valence-electron chi connectivity index (χ0n) is 18.2. The summed E-state index contributed by atoms with van der Waals surface area (Å²) in [5, 5.41) is 1.01. The first-order valence-electron chi connectivity index (χ1n) is 11.3. The number of carbonyl (C=O) groups is 2. The molecule has 4 rings (SSSR count). The van der Waals surface area contributed by atoms with Gasteiger partial charge in [0.2, 0.25) is 5.91 Å². The lowest BCUT2D eigenvalue weighted by Crippen LogP contribution is -2.37. The van der Waals surface area contributed by atoms with Gasteiger partial charge in [0.1, 0.15) is 0 Å². The summed E-state index contributed by atoms with van der Waals surface area (Å²) in [5.74, 6) is 0.207. The summed E-state index contributed by atoms with van der Waals surface area (Å²) >= 11 is 12.3. The first-order valence-corrected chi connectivity index (χ1v) is 12.1. The number of likely N-dealkylation sites (tertiary alicyclic amines) is 2. The lowest BCUT2D eigenvalue weighted by Gasteiger charge is -2.26. The highest BCUT2D eigenvalue weighted by Crippen LogP contribution is 2.24. The highest BCUT2D eigenvalue weighted by Gasteiger charge is 2.21. The monoisotopic (exact) mass is 473 g/mol. The second-order valence-corrected chi connectivity index (χ2v) is 9.45. The highest BCUT2D eigenvalue weighted by atomic mass is 35.5. The smallest absolute Gasteiger partial charge is 0.254 e. The van der Waals surface area contributed by atoms with Crippen LogP contribution in [-0.4, -0.2) is 59.2 Å². The van der Waals surface area contributed by atoms with Crippen molar-refractivity contribution in [2.45, 2.75) is 38.8 Å². The molecule has 32 heavy (non-hydrogen) atoms. The Morgan fingerprint density at radius 1 is 0.906 bits per heavy atom. The zero-order valence-corrected chi connectivity index (χ0v) is 19.7. The Morgan fingerprint density at radius 3 is 2.28 bits per heavy atom. The van der Waals surface area contributed by atoms with E-state index in [1.165, 1.54) is 12.8 Å². The van der Waals surface area contributed by atoms with Gasteiger partial charge < -0.3 is 14.7 Å². The third kappa shape index (κ3) is 5.83. The van der Waals surface area contributed by atoms with Crippen LogP contribution < -0.4 is 0 Å². The highest BCUT2D eigenvalue weighted by molar-refractivity contribution is 6.42. The Kier molecular flexibility index (Phi) is 7.71. The number of hydrogen-bond acceptors (Lipinski definition) is 3. The van der Waals surface area contributed by atoms with Gasteiger partial charge in [-0.1, -0.05) is 41.4 Å². The minimum absolute atomic E-state index is 0.000863. The Balaban J connectivity index is 1.46. The van der Waals surface area contributed by atoms with Crippen LogP contribution in [0.15, 0.2) is 42.5 Å². The van der Waals surface area contributed by atoms with Crippen LogP contribution in [0.25, 0.3) is 0 Å². The van der Waals surface area contributed by atoms with E-state index in [1.807, 2.05) is 46.2 Å². The zero-order chi connectivity index (χ0) is 22.5. The summed E-state index contributed by atoms with van der Waals surface area (Å²) in [5.41, 5.74) is 2.66. The SMILES string of the molecule is O=C1CCCN1Cc1ccc(C(=O)N(CCN2CCCC2)Cc2ccc(Cl)c(Cl)c2)cc1. The van der Waals surface area contributed by atoms with Crippen molar-refractivity contribution >= 4 is 35.0 Å². The molecule has 7 heteroatoms. The molecule has 0 radical (unpaired) electrons. The van der Waals surface area contributed by atoms with Crippen LogP contribution in [0.4, 0.5) is 0 Å². The van der Waals surface area contributed by atoms with E-state index in [9.17, 15) is 9.59 Å². The number of rotatable bonds is 8. The molecule has 0 spiro atoms. The quantitative estimate of drug-likeness (QED) is 0.549. The van der Waals surface area contributed by atoms with Crippen molar-refractivity contribution in [3.8, 4) is 0 Å². The maximum absolute atomic E-state index is 13.4. The molecule has 2 aromatic rings. The fraction of sp³-hybridized carbons (Fsp3) is 0.440. The molecule has 170 valence electrons. The molecule has 0 unspecified atom stereocenters. The Hall–Kier alpha value is -2.08. The molecule has 2 heterocycles. The van der Waals surface area contributed by atoms with Crippen molar-refractivity contribution in [2.75, 3.05) is 32.7 Å². The Labute approximate surface area is 199 Å². The lowest BCUT2D eigenvalue weighted by molar-refractivity contribution is -0.128. The van der Waals surface area contributed by atoms with Crippen molar-refractivity contribution in [3.05, 3.63) is 69.2 Å². The molecule has 2 fully saturated rings. The topological polar surface area (TPSA) is 43.9 Å². The molecule has 0 aliphatic carbocycles. The van der Waals surface area contributed by atoms with Crippen LogP contribution in [0.3, 0.4) is 0 Å². The Bertz CT molecular complexity index is 958. The molecule has 2 aliphatic heterocycles. The van der Waals surface area contributed by atoms with Gasteiger partial charge in [-0.25, -0.2) is 0 Å². The minimum atomic E-state index is -0.000863. The van der Waals surface area contributed by atoms with Crippen molar-refractivity contribution in [1.82, 2.24) is 14.7 Å². The van der Waals surface area contributed by atoms with Gasteiger partial charge in [0, 0.05) is 44.7 Å². The van der Waals surface area contributed by atoms with Gasteiger partial charge in [-0.3, -0.25) is 9.59 Å². The third-order valence-corrected chi connectivity index (χ3v) is 7.01. The Morgan fingerprint density at radius 2 is 1.62 bits per heavy atom. The second kappa shape index (κ2) is 10.7. The van der Waals surface area contributed by atoms with Gasteiger partial charge in [-0.2, -0.15) is 0 Å². The predicted octanol–water partition coefficient (Wildman–Crippen LogP) is 4.85. The third-order valence-electron chi connectivity index (χ3n) is 6.28. The van der Waals surface area contributed by atoms with Crippen LogP contribution in [-0.2, 0) is 17.9 Å². The van der Waals surface area contributed by atoms with Crippen LogP contribution in [0.2, 0.25) is 10.0 Å². The van der Waals surface area contributed by atoms with Gasteiger partial charge in [0.05, 0.1) is 10.0 Å². The molecule has 0 aromatic heterocycles. The van der Waals surface area contributed by atoms with E-state index in [2.05, 4.69) is 4.90 Å². The normalized spacial score (nSPS) is 16.7. The molecule has 5 nitrogen and oxygen atoms in total. The summed E-state index contributed by atoms with van der Waals surface area (Å²) in [4.78, 5) is 31.5. The molecule has 0 N–H and O–H groups in total. The van der Waals surface area contributed by atoms with Crippen molar-refractivity contribution in [3.63, 3.8) is 0 Å². The van der Waals surface area contributed by atoms with Crippen LogP contribution in [0, 0.1) is 0 Å². The van der Waals surface area contributed by atoms with E-state index >= 15 is 0 Å². The van der Waals surface area contributed by atoms with Gasteiger partial charge in [0.25, 0.3) is 5.91 Å². The summed E-state index contributed by atoms with van der Waals surface area (Å²) in [6.45, 7) is 5.61. The van der Waals surface area contributed by atoms with Crippen LogP contribution in [0.1, 0.15) is 47.2 Å². The number of halogens is 2. The molecular formula is C25H29Cl2N3O2. The van der Waals surface area contributed by atoms with Gasteiger partial charge in [0.15, 0.2) is 0 Å². The number of nitrogens with zero attached hydrogens (tertiary/aromatic N) is 3. The minimum Gasteiger partial charge on any atom is -0.338 e. The van der Waals surface area contributed by atoms with Crippen molar-refractivity contribution in [1.29, 1.82) is 0 Å². The standard InChI is InChI=1S/C25H29Cl2N3O2/c26-22-10-7-20(16-23(22)27)18-30(15-14-28-11-1-2-12-28)25(32)21-8-5-19(6-9-21)17-29-13-3-4-24(29)31/h5-10,16H,1-4,11-15,17-18H2. The summed E-state index contributed by atoms with van der Waals surface area (Å²) in [6.07, 6.45) is 4.01. The summed E-state index contributed by atoms with van der Waals surface area (Å²) in [6, 6.07) is 13.2. The van der Waals surface area contributed by atoms with Crippen LogP contribution in [0.5, 0.6) is 0 Å². The maximum Gasteiger partial charge on any atom is 0.254 e. The molecule has 2 aliphatic rings. The fourth-order valence-electron chi connectivity index (χ4n) is 4.41. The maximum atomic E-state index is 13.4. The first-order chi connectivity index (χ1) is 15.5. The van der Waals surface area contributed by atoms with E-state index < -0.39 is 0 Å². The number of amides is 2. The van der Waals surface area contributed by atoms with Gasteiger partial charge in [-0.05, 0) is 67.7 Å². The molecule has 0 bridgehead atoms. The van der Waals surface area contributed by atoms with E-state index in [0.717, 1.165) is 43.7 Å². The van der Waals surface area contributed by atoms with Crippen molar-refractivity contribution in [2.24, 2.45) is 0 Å². The van der Waals surface area contributed by atoms with Crippen molar-refractivity contribution < 1.29 is 9.59 Å². The molecular weight excluding hydrogens is 445 g/mol. The molecule has 0 atom stereocenters. The van der Waals surface area contributed by atoms with Gasteiger partial charge >= 0.3 is 0 Å². The molecule has 2 saturated heterocycles. The van der Waals surface area contributed by atoms with E-state index in [-0.39, 0.29) is 11.8 Å². The first kappa shape index (κ1) is 23.1. The molecule has 2 amide bonds. The molecule has 2 aromatic carbocycles. The van der Waals surface area contributed by atoms with E-state index in [4.69, 9.17) is 23.2 Å². The van der Waals surface area contributed by atoms with E-state index in [1.54, 1.807) is 6.07 Å². The summed E-state index contributed by atoms with van der Waals surface area (Å²) < 4.78 is 0. The number of hydrogen-bond donors (Lipinski definition) is 0. The average Bonchev–Trinajstić information content (AvgIpc) is 3.46. The number of carbonyl (C=O) groups excluding carboxylic acids is 2. The predicted molar refractivity (Wildman–Crippen MR) is 128 cm³/mol. The van der Waals surface area contributed by atoms with E-state index in [0.29, 0.717) is 41.7 Å². The second-order valence-electron chi connectivity index (χ2n) is 8.64. The van der Waals surface area contributed by atoms with Gasteiger partial charge in [-0.15, -0.1) is 0 Å². The largest absolute Gasteiger partial charge is 0.338 e. The lowest BCUT2D eigenvalue weighted by atomic mass is 10.1. The molecule has 0 saturated carbocycles. The van der Waals surface area contributed by atoms with Crippen LogP contribution >= 0.6 is 23.2 Å².